The molecule has 0 atom stereocenters. The largest absolute Gasteiger partial charge is 0.381 e. The van der Waals surface area contributed by atoms with Crippen LogP contribution in [0.4, 0.5) is 0 Å². The Balaban J connectivity index is 2.93. The summed E-state index contributed by atoms with van der Waals surface area (Å²) in [6.45, 7) is 3.49. The Kier molecular flexibility index (Phi) is 12.9. The van der Waals surface area contributed by atoms with Gasteiger partial charge in [0.25, 0.3) is 0 Å². The van der Waals surface area contributed by atoms with Gasteiger partial charge in [0.15, 0.2) is 0 Å². The molecule has 16 heavy (non-hydrogen) atoms. The van der Waals surface area contributed by atoms with Crippen LogP contribution < -0.4 is 0 Å². The lowest BCUT2D eigenvalue weighted by Crippen LogP contribution is -2.20. The molecule has 98 valence electrons. The van der Waals surface area contributed by atoms with Crippen LogP contribution >= 0.6 is 0 Å². The lowest BCUT2D eigenvalue weighted by Gasteiger charge is -2.11. The van der Waals surface area contributed by atoms with Gasteiger partial charge < -0.3 is 5.11 Å². The molecule has 0 bridgehead atoms. The molecule has 0 saturated carbocycles. The lowest BCUT2D eigenvalue weighted by atomic mass is 10.1. The maximum atomic E-state index is 8.80. The number of hydrogen-bond donors (Lipinski definition) is 1. The Morgan fingerprint density at radius 3 is 1.62 bits per heavy atom. The van der Waals surface area contributed by atoms with Crippen molar-refractivity contribution >= 4 is 0 Å². The lowest BCUT2D eigenvalue weighted by molar-refractivity contribution is 0.131. The Morgan fingerprint density at radius 2 is 1.19 bits per heavy atom. The average Bonchev–Trinajstić information content (AvgIpc) is 2.31. The van der Waals surface area contributed by atoms with E-state index in [4.69, 9.17) is 5.11 Å². The second-order valence-electron chi connectivity index (χ2n) is 4.90. The molecule has 0 saturated heterocycles. The maximum Gasteiger partial charge on any atom is 0.0954 e. The summed E-state index contributed by atoms with van der Waals surface area (Å²) in [5, 5.41) is 8.80. The third-order valence-corrected chi connectivity index (χ3v) is 3.13. The van der Waals surface area contributed by atoms with Gasteiger partial charge in [0.1, 0.15) is 0 Å². The molecule has 0 unspecified atom stereocenters. The van der Waals surface area contributed by atoms with Crippen molar-refractivity contribution < 1.29 is 5.11 Å². The van der Waals surface area contributed by atoms with Crippen LogP contribution in [-0.4, -0.2) is 30.3 Å². The van der Waals surface area contributed by atoms with E-state index in [9.17, 15) is 0 Å². The Hall–Kier alpha value is -0.0800. The molecule has 0 aromatic carbocycles. The molecule has 0 aromatic rings. The van der Waals surface area contributed by atoms with E-state index in [2.05, 4.69) is 6.92 Å². The van der Waals surface area contributed by atoms with Gasteiger partial charge in [0.05, 0.1) is 6.73 Å². The fraction of sp³-hybridized carbons (Fsp3) is 1.00. The topological polar surface area (TPSA) is 23.5 Å². The van der Waals surface area contributed by atoms with E-state index in [1.165, 1.54) is 64.2 Å². The zero-order valence-electron chi connectivity index (χ0n) is 11.4. The van der Waals surface area contributed by atoms with Gasteiger partial charge in [-0.1, -0.05) is 64.7 Å². The van der Waals surface area contributed by atoms with E-state index in [0.717, 1.165) is 6.54 Å². The summed E-state index contributed by atoms with van der Waals surface area (Å²) in [6, 6.07) is 0. The average molecular weight is 229 g/mol. The molecule has 2 heteroatoms. The molecule has 0 radical (unpaired) electrons. The highest BCUT2D eigenvalue weighted by Crippen LogP contribution is 2.10. The zero-order chi connectivity index (χ0) is 12.1. The van der Waals surface area contributed by atoms with Gasteiger partial charge in [0, 0.05) is 0 Å². The molecule has 0 spiro atoms. The highest BCUT2D eigenvalue weighted by atomic mass is 16.3. The first-order valence-electron chi connectivity index (χ1n) is 7.10. The predicted octanol–water partition coefficient (Wildman–Crippen LogP) is 3.79. The summed E-state index contributed by atoms with van der Waals surface area (Å²) >= 11 is 0. The van der Waals surface area contributed by atoms with Gasteiger partial charge in [0.2, 0.25) is 0 Å². The first-order chi connectivity index (χ1) is 7.81. The van der Waals surface area contributed by atoms with Crippen LogP contribution in [0.15, 0.2) is 0 Å². The fourth-order valence-electron chi connectivity index (χ4n) is 1.94. The van der Waals surface area contributed by atoms with E-state index >= 15 is 0 Å². The molecular formula is C14H31NO. The van der Waals surface area contributed by atoms with E-state index < -0.39 is 0 Å². The third kappa shape index (κ3) is 12.0. The standard InChI is InChI=1S/C14H31NO/c1-3-4-5-6-7-8-9-10-11-12-13-15(2)14-16/h16H,3-14H2,1-2H3. The maximum absolute atomic E-state index is 8.80. The summed E-state index contributed by atoms with van der Waals surface area (Å²) in [5.74, 6) is 0. The Bertz CT molecular complexity index is 128. The van der Waals surface area contributed by atoms with Crippen LogP contribution in [0.1, 0.15) is 71.1 Å². The molecule has 1 N–H and O–H groups in total. The SMILES string of the molecule is CCCCCCCCCCCCN(C)CO. The van der Waals surface area contributed by atoms with Gasteiger partial charge in [-0.3, -0.25) is 4.90 Å². The minimum absolute atomic E-state index is 0.192. The third-order valence-electron chi connectivity index (χ3n) is 3.13. The normalized spacial score (nSPS) is 11.2. The van der Waals surface area contributed by atoms with Gasteiger partial charge >= 0.3 is 0 Å². The molecule has 0 aliphatic carbocycles. The molecule has 0 aliphatic rings. The summed E-state index contributed by atoms with van der Waals surface area (Å²) < 4.78 is 0. The van der Waals surface area contributed by atoms with Crippen molar-refractivity contribution in [1.29, 1.82) is 0 Å². The summed E-state index contributed by atoms with van der Waals surface area (Å²) in [7, 11) is 1.97. The summed E-state index contributed by atoms with van der Waals surface area (Å²) in [6.07, 6.45) is 13.8. The van der Waals surface area contributed by atoms with Crippen LogP contribution in [0.5, 0.6) is 0 Å². The van der Waals surface area contributed by atoms with E-state index in [1.54, 1.807) is 0 Å². The highest BCUT2D eigenvalue weighted by Gasteiger charge is 1.95. The van der Waals surface area contributed by atoms with Crippen LogP contribution in [-0.2, 0) is 0 Å². The molecule has 0 amide bonds. The molecule has 0 rings (SSSR count). The minimum Gasteiger partial charge on any atom is -0.381 e. The fourth-order valence-corrected chi connectivity index (χ4v) is 1.94. The Labute approximate surface area is 102 Å². The number of aliphatic hydroxyl groups excluding tert-OH is 1. The van der Waals surface area contributed by atoms with Crippen molar-refractivity contribution in [2.75, 3.05) is 20.3 Å². The zero-order valence-corrected chi connectivity index (χ0v) is 11.4. The molecule has 2 nitrogen and oxygen atoms in total. The van der Waals surface area contributed by atoms with Crippen molar-refractivity contribution in [3.63, 3.8) is 0 Å². The number of aliphatic hydroxyl groups is 1. The van der Waals surface area contributed by atoms with Crippen molar-refractivity contribution in [3.05, 3.63) is 0 Å². The second kappa shape index (κ2) is 13.0. The van der Waals surface area contributed by atoms with Crippen LogP contribution in [0.2, 0.25) is 0 Å². The Morgan fingerprint density at radius 1 is 0.750 bits per heavy atom. The molecular weight excluding hydrogens is 198 g/mol. The van der Waals surface area contributed by atoms with Gasteiger partial charge in [-0.2, -0.15) is 0 Å². The smallest absolute Gasteiger partial charge is 0.0954 e. The molecule has 0 heterocycles. The van der Waals surface area contributed by atoms with Crippen molar-refractivity contribution in [2.24, 2.45) is 0 Å². The first-order valence-corrected chi connectivity index (χ1v) is 7.10. The molecule has 0 aliphatic heterocycles. The number of nitrogens with zero attached hydrogens (tertiary/aromatic N) is 1. The monoisotopic (exact) mass is 229 g/mol. The highest BCUT2D eigenvalue weighted by molar-refractivity contribution is 4.49. The van der Waals surface area contributed by atoms with E-state index in [-0.39, 0.29) is 6.73 Å². The second-order valence-corrected chi connectivity index (χ2v) is 4.90. The summed E-state index contributed by atoms with van der Waals surface area (Å²) in [4.78, 5) is 1.96. The number of hydrogen-bond acceptors (Lipinski definition) is 2. The molecule has 0 aromatic heterocycles. The summed E-state index contributed by atoms with van der Waals surface area (Å²) in [5.41, 5.74) is 0. The van der Waals surface area contributed by atoms with Crippen molar-refractivity contribution in [3.8, 4) is 0 Å². The molecule has 0 fully saturated rings. The first kappa shape index (κ1) is 15.9. The van der Waals surface area contributed by atoms with E-state index in [1.807, 2.05) is 11.9 Å². The van der Waals surface area contributed by atoms with Gasteiger partial charge in [-0.05, 0) is 20.0 Å². The van der Waals surface area contributed by atoms with Crippen molar-refractivity contribution in [2.45, 2.75) is 71.1 Å². The van der Waals surface area contributed by atoms with Crippen molar-refractivity contribution in [1.82, 2.24) is 4.90 Å². The predicted molar refractivity (Wildman–Crippen MR) is 71.6 cm³/mol. The number of rotatable bonds is 12. The van der Waals surface area contributed by atoms with Gasteiger partial charge in [-0.15, -0.1) is 0 Å². The van der Waals surface area contributed by atoms with Gasteiger partial charge in [-0.25, -0.2) is 0 Å². The van der Waals surface area contributed by atoms with Crippen LogP contribution in [0.3, 0.4) is 0 Å². The minimum atomic E-state index is 0.192. The number of unbranched alkanes of at least 4 members (excludes halogenated alkanes) is 9. The van der Waals surface area contributed by atoms with E-state index in [0.29, 0.717) is 0 Å². The quantitative estimate of drug-likeness (QED) is 0.406. The van der Waals surface area contributed by atoms with Crippen LogP contribution in [0, 0.1) is 0 Å². The van der Waals surface area contributed by atoms with Crippen LogP contribution in [0.25, 0.3) is 0 Å².